The second-order valence-electron chi connectivity index (χ2n) is 6.92. The Bertz CT molecular complexity index is 701. The molecule has 24 heavy (non-hydrogen) atoms. The summed E-state index contributed by atoms with van der Waals surface area (Å²) in [5.41, 5.74) is 1.28. The number of hydrogen-bond acceptors (Lipinski definition) is 4. The molecule has 1 aromatic heterocycles. The number of piperidine rings is 1. The SMILES string of the molecule is Clc1cccc(CN2CCCC(Nc3ccnc(C4CC4)n3)C2)c1. The van der Waals surface area contributed by atoms with Crippen molar-refractivity contribution >= 4 is 17.4 Å². The lowest BCUT2D eigenvalue weighted by Crippen LogP contribution is -2.41. The maximum absolute atomic E-state index is 6.10. The van der Waals surface area contributed by atoms with Crippen LogP contribution < -0.4 is 5.32 Å². The van der Waals surface area contributed by atoms with Gasteiger partial charge in [-0.3, -0.25) is 4.90 Å². The van der Waals surface area contributed by atoms with Gasteiger partial charge in [0.1, 0.15) is 11.6 Å². The molecule has 2 aromatic rings. The maximum Gasteiger partial charge on any atom is 0.133 e. The first-order valence-corrected chi connectivity index (χ1v) is 9.20. The summed E-state index contributed by atoms with van der Waals surface area (Å²) in [4.78, 5) is 11.6. The number of benzene rings is 1. The molecule has 126 valence electrons. The predicted octanol–water partition coefficient (Wildman–Crippen LogP) is 4.08. The lowest BCUT2D eigenvalue weighted by molar-refractivity contribution is 0.208. The summed E-state index contributed by atoms with van der Waals surface area (Å²) in [6, 6.07) is 10.6. The average molecular weight is 343 g/mol. The van der Waals surface area contributed by atoms with E-state index in [-0.39, 0.29) is 0 Å². The zero-order chi connectivity index (χ0) is 16.4. The molecule has 1 aliphatic heterocycles. The van der Waals surface area contributed by atoms with Gasteiger partial charge in [-0.2, -0.15) is 0 Å². The molecule has 2 aliphatic rings. The van der Waals surface area contributed by atoms with Crippen LogP contribution in [-0.2, 0) is 6.54 Å². The Balaban J connectivity index is 1.37. The van der Waals surface area contributed by atoms with Gasteiger partial charge in [0, 0.05) is 36.3 Å². The van der Waals surface area contributed by atoms with Crippen LogP contribution in [0.5, 0.6) is 0 Å². The van der Waals surface area contributed by atoms with Crippen LogP contribution >= 0.6 is 11.6 Å². The van der Waals surface area contributed by atoms with E-state index in [1.54, 1.807) is 0 Å². The molecule has 1 atom stereocenters. The molecule has 0 spiro atoms. The van der Waals surface area contributed by atoms with E-state index in [9.17, 15) is 0 Å². The highest BCUT2D eigenvalue weighted by Gasteiger charge is 2.27. The van der Waals surface area contributed by atoms with Crippen molar-refractivity contribution in [2.75, 3.05) is 18.4 Å². The number of likely N-dealkylation sites (tertiary alicyclic amines) is 1. The number of halogens is 1. The number of nitrogens with zero attached hydrogens (tertiary/aromatic N) is 3. The van der Waals surface area contributed by atoms with E-state index >= 15 is 0 Å². The summed E-state index contributed by atoms with van der Waals surface area (Å²) in [6.45, 7) is 3.13. The summed E-state index contributed by atoms with van der Waals surface area (Å²) in [5.74, 6) is 2.57. The van der Waals surface area contributed by atoms with E-state index in [1.807, 2.05) is 24.4 Å². The van der Waals surface area contributed by atoms with E-state index in [0.717, 1.165) is 36.3 Å². The summed E-state index contributed by atoms with van der Waals surface area (Å²) in [7, 11) is 0. The lowest BCUT2D eigenvalue weighted by Gasteiger charge is -2.33. The van der Waals surface area contributed by atoms with Gasteiger partial charge in [0.2, 0.25) is 0 Å². The molecule has 1 N–H and O–H groups in total. The topological polar surface area (TPSA) is 41.0 Å². The molecule has 4 nitrogen and oxygen atoms in total. The summed E-state index contributed by atoms with van der Waals surface area (Å²) >= 11 is 6.10. The van der Waals surface area contributed by atoms with E-state index in [4.69, 9.17) is 16.6 Å². The fraction of sp³-hybridized carbons (Fsp3) is 0.474. The molecule has 1 aromatic carbocycles. The number of aromatic nitrogens is 2. The Kier molecular flexibility index (Phi) is 4.67. The molecule has 2 fully saturated rings. The fourth-order valence-corrected chi connectivity index (χ4v) is 3.62. The Morgan fingerprint density at radius 1 is 1.21 bits per heavy atom. The van der Waals surface area contributed by atoms with Gasteiger partial charge in [-0.05, 0) is 56.0 Å². The Hall–Kier alpha value is -1.65. The van der Waals surface area contributed by atoms with Gasteiger partial charge in [-0.15, -0.1) is 0 Å². The largest absolute Gasteiger partial charge is 0.366 e. The molecular weight excluding hydrogens is 320 g/mol. The van der Waals surface area contributed by atoms with Crippen molar-refractivity contribution < 1.29 is 0 Å². The first kappa shape index (κ1) is 15.9. The lowest BCUT2D eigenvalue weighted by atomic mass is 10.0. The smallest absolute Gasteiger partial charge is 0.133 e. The molecule has 0 radical (unpaired) electrons. The normalized spacial score (nSPS) is 21.6. The second kappa shape index (κ2) is 7.08. The van der Waals surface area contributed by atoms with E-state index in [0.29, 0.717) is 12.0 Å². The minimum absolute atomic E-state index is 0.444. The van der Waals surface area contributed by atoms with Crippen LogP contribution in [0.1, 0.15) is 43.0 Å². The summed E-state index contributed by atoms with van der Waals surface area (Å²) in [6.07, 6.45) is 6.75. The molecule has 1 saturated heterocycles. The van der Waals surface area contributed by atoms with E-state index in [1.165, 1.54) is 31.2 Å². The second-order valence-corrected chi connectivity index (χ2v) is 7.36. The standard InChI is InChI=1S/C19H23ClN4/c20-16-4-1-3-14(11-16)12-24-10-2-5-17(13-24)22-18-8-9-21-19(23-18)15-6-7-15/h1,3-4,8-9,11,15,17H,2,5-7,10,12-13H2,(H,21,22,23). The molecule has 1 saturated carbocycles. The average Bonchev–Trinajstić information content (AvgIpc) is 3.40. The monoisotopic (exact) mass is 342 g/mol. The summed E-state index contributed by atoms with van der Waals surface area (Å²) < 4.78 is 0. The molecule has 4 rings (SSSR count). The number of hydrogen-bond donors (Lipinski definition) is 1. The Morgan fingerprint density at radius 3 is 2.96 bits per heavy atom. The highest BCUT2D eigenvalue weighted by atomic mass is 35.5. The maximum atomic E-state index is 6.10. The first-order chi connectivity index (χ1) is 11.8. The van der Waals surface area contributed by atoms with Crippen LogP contribution in [0, 0.1) is 0 Å². The third kappa shape index (κ3) is 4.05. The molecule has 0 amide bonds. The van der Waals surface area contributed by atoms with Crippen LogP contribution in [0.25, 0.3) is 0 Å². The molecule has 5 heteroatoms. The molecule has 1 unspecified atom stereocenters. The number of anilines is 1. The van der Waals surface area contributed by atoms with Crippen molar-refractivity contribution in [3.05, 3.63) is 52.9 Å². The van der Waals surface area contributed by atoms with E-state index < -0.39 is 0 Å². The third-order valence-corrected chi connectivity index (χ3v) is 5.00. The van der Waals surface area contributed by atoms with Crippen molar-refractivity contribution in [1.29, 1.82) is 0 Å². The van der Waals surface area contributed by atoms with E-state index in [2.05, 4.69) is 27.3 Å². The number of nitrogens with one attached hydrogen (secondary N) is 1. The van der Waals surface area contributed by atoms with Crippen LogP contribution in [0.3, 0.4) is 0 Å². The summed E-state index contributed by atoms with van der Waals surface area (Å²) in [5, 5.41) is 4.42. The number of rotatable bonds is 5. The van der Waals surface area contributed by atoms with Gasteiger partial charge in [0.15, 0.2) is 0 Å². The van der Waals surface area contributed by atoms with Crippen LogP contribution in [-0.4, -0.2) is 34.0 Å². The van der Waals surface area contributed by atoms with Gasteiger partial charge < -0.3 is 5.32 Å². The van der Waals surface area contributed by atoms with Crippen molar-refractivity contribution in [3.63, 3.8) is 0 Å². The molecule has 2 heterocycles. The minimum Gasteiger partial charge on any atom is -0.366 e. The minimum atomic E-state index is 0.444. The van der Waals surface area contributed by atoms with Crippen molar-refractivity contribution in [1.82, 2.24) is 14.9 Å². The Morgan fingerprint density at radius 2 is 2.12 bits per heavy atom. The van der Waals surface area contributed by atoms with Crippen molar-refractivity contribution in [2.24, 2.45) is 0 Å². The van der Waals surface area contributed by atoms with Crippen LogP contribution in [0.2, 0.25) is 5.02 Å². The highest BCUT2D eigenvalue weighted by molar-refractivity contribution is 6.30. The third-order valence-electron chi connectivity index (χ3n) is 4.77. The Labute approximate surface area is 148 Å². The zero-order valence-corrected chi connectivity index (χ0v) is 14.5. The van der Waals surface area contributed by atoms with Gasteiger partial charge in [-0.25, -0.2) is 9.97 Å². The van der Waals surface area contributed by atoms with Gasteiger partial charge in [0.05, 0.1) is 0 Å². The predicted molar refractivity (Wildman–Crippen MR) is 97.4 cm³/mol. The van der Waals surface area contributed by atoms with Crippen molar-refractivity contribution in [2.45, 2.75) is 44.2 Å². The van der Waals surface area contributed by atoms with Crippen LogP contribution in [0.15, 0.2) is 36.5 Å². The van der Waals surface area contributed by atoms with Gasteiger partial charge >= 0.3 is 0 Å². The fourth-order valence-electron chi connectivity index (χ4n) is 3.41. The van der Waals surface area contributed by atoms with Gasteiger partial charge in [0.25, 0.3) is 0 Å². The van der Waals surface area contributed by atoms with Gasteiger partial charge in [-0.1, -0.05) is 23.7 Å². The highest BCUT2D eigenvalue weighted by Crippen LogP contribution is 2.38. The zero-order valence-electron chi connectivity index (χ0n) is 13.8. The van der Waals surface area contributed by atoms with Crippen molar-refractivity contribution in [3.8, 4) is 0 Å². The molecule has 1 aliphatic carbocycles. The molecular formula is C19H23ClN4. The quantitative estimate of drug-likeness (QED) is 0.888. The molecule has 0 bridgehead atoms. The first-order valence-electron chi connectivity index (χ1n) is 8.82. The van der Waals surface area contributed by atoms with Crippen LogP contribution in [0.4, 0.5) is 5.82 Å².